The van der Waals surface area contributed by atoms with E-state index in [0.717, 1.165) is 49.8 Å². The van der Waals surface area contributed by atoms with Crippen LogP contribution in [0.3, 0.4) is 0 Å². The van der Waals surface area contributed by atoms with Crippen molar-refractivity contribution in [2.24, 2.45) is 0 Å². The van der Waals surface area contributed by atoms with Crippen molar-refractivity contribution in [1.82, 2.24) is 4.98 Å². The molecule has 1 aromatic heterocycles. The molecule has 2 aromatic carbocycles. The summed E-state index contributed by atoms with van der Waals surface area (Å²) in [5, 5.41) is 12.8. The van der Waals surface area contributed by atoms with Crippen LogP contribution in [-0.2, 0) is 11.3 Å². The number of hydrogen-bond donors (Lipinski definition) is 2. The number of amides is 1. The van der Waals surface area contributed by atoms with E-state index < -0.39 is 0 Å². The number of phenolic OH excluding ortho intramolecular Hbond substituents is 1. The molecular formula is C22H25N4O2S+. The zero-order chi connectivity index (χ0) is 20.2. The lowest BCUT2D eigenvalue weighted by Crippen LogP contribution is -3.13. The molecule has 1 aliphatic rings. The molecule has 0 bridgehead atoms. The van der Waals surface area contributed by atoms with Crippen LogP contribution in [0.1, 0.15) is 12.6 Å². The number of benzene rings is 2. The van der Waals surface area contributed by atoms with Gasteiger partial charge >= 0.3 is 0 Å². The molecule has 0 radical (unpaired) electrons. The molecule has 0 saturated carbocycles. The number of phenols is 1. The van der Waals surface area contributed by atoms with Gasteiger partial charge in [-0.2, -0.15) is 0 Å². The van der Waals surface area contributed by atoms with Gasteiger partial charge in [0.25, 0.3) is 0 Å². The summed E-state index contributed by atoms with van der Waals surface area (Å²) < 4.78 is 0. The fourth-order valence-corrected chi connectivity index (χ4v) is 4.60. The minimum absolute atomic E-state index is 0.0410. The molecule has 7 heteroatoms. The van der Waals surface area contributed by atoms with Gasteiger partial charge in [-0.1, -0.05) is 30.3 Å². The summed E-state index contributed by atoms with van der Waals surface area (Å²) in [6, 6.07) is 17.1. The van der Waals surface area contributed by atoms with E-state index in [-0.39, 0.29) is 5.91 Å². The minimum atomic E-state index is -0.0410. The maximum atomic E-state index is 12.2. The van der Waals surface area contributed by atoms with Crippen LogP contribution in [0.15, 0.2) is 60.0 Å². The highest BCUT2D eigenvalue weighted by Crippen LogP contribution is 2.29. The Balaban J connectivity index is 1.40. The topological polar surface area (TPSA) is 61.1 Å². The van der Waals surface area contributed by atoms with Crippen molar-refractivity contribution < 1.29 is 14.8 Å². The summed E-state index contributed by atoms with van der Waals surface area (Å²) >= 11 is 1.51. The smallest absolute Gasteiger partial charge is 0.230 e. The van der Waals surface area contributed by atoms with Crippen molar-refractivity contribution in [2.75, 3.05) is 36.0 Å². The lowest BCUT2D eigenvalue weighted by molar-refractivity contribution is -0.914. The summed E-state index contributed by atoms with van der Waals surface area (Å²) in [6.07, 6.45) is 0. The number of thiazole rings is 1. The first-order valence-electron chi connectivity index (χ1n) is 9.78. The zero-order valence-corrected chi connectivity index (χ0v) is 17.2. The normalized spacial score (nSPS) is 14.7. The lowest BCUT2D eigenvalue weighted by atomic mass is 10.2. The van der Waals surface area contributed by atoms with Gasteiger partial charge in [-0.15, -0.1) is 11.3 Å². The van der Waals surface area contributed by atoms with Gasteiger partial charge in [0.05, 0.1) is 37.6 Å². The Morgan fingerprint density at radius 1 is 1.14 bits per heavy atom. The van der Waals surface area contributed by atoms with E-state index in [1.807, 2.05) is 48.5 Å². The van der Waals surface area contributed by atoms with Crippen molar-refractivity contribution in [2.45, 2.75) is 13.5 Å². The summed E-state index contributed by atoms with van der Waals surface area (Å²) in [5.41, 5.74) is 2.75. The third-order valence-corrected chi connectivity index (χ3v) is 6.06. The van der Waals surface area contributed by atoms with Crippen LogP contribution in [-0.4, -0.2) is 42.2 Å². The molecule has 4 rings (SSSR count). The van der Waals surface area contributed by atoms with Crippen LogP contribution in [0.25, 0.3) is 0 Å². The summed E-state index contributed by atoms with van der Waals surface area (Å²) in [6.45, 7) is 6.16. The highest BCUT2D eigenvalue weighted by molar-refractivity contribution is 7.14. The predicted octanol–water partition coefficient (Wildman–Crippen LogP) is 2.44. The summed E-state index contributed by atoms with van der Waals surface area (Å²) in [4.78, 5) is 22.3. The molecule has 0 atom stereocenters. The number of piperazine rings is 1. The number of para-hydroxylation sites is 3. The van der Waals surface area contributed by atoms with Gasteiger partial charge in [0.15, 0.2) is 5.13 Å². The van der Waals surface area contributed by atoms with Crippen LogP contribution in [0, 0.1) is 0 Å². The molecule has 1 fully saturated rings. The summed E-state index contributed by atoms with van der Waals surface area (Å²) in [7, 11) is 0. The Morgan fingerprint density at radius 2 is 1.83 bits per heavy atom. The van der Waals surface area contributed by atoms with E-state index in [1.165, 1.54) is 16.2 Å². The molecule has 3 aromatic rings. The van der Waals surface area contributed by atoms with Gasteiger partial charge in [-0.3, -0.25) is 9.69 Å². The third kappa shape index (κ3) is 4.41. The minimum Gasteiger partial charge on any atom is -0.506 e. The molecule has 1 saturated heterocycles. The van der Waals surface area contributed by atoms with E-state index >= 15 is 0 Å². The van der Waals surface area contributed by atoms with Crippen LogP contribution in [0.2, 0.25) is 0 Å². The van der Waals surface area contributed by atoms with E-state index in [1.54, 1.807) is 17.9 Å². The van der Waals surface area contributed by atoms with Crippen LogP contribution in [0.5, 0.6) is 5.75 Å². The largest absolute Gasteiger partial charge is 0.506 e. The van der Waals surface area contributed by atoms with Crippen LogP contribution in [0.4, 0.5) is 16.5 Å². The summed E-state index contributed by atoms with van der Waals surface area (Å²) in [5.74, 6) is 0.297. The van der Waals surface area contributed by atoms with E-state index in [4.69, 9.17) is 4.98 Å². The monoisotopic (exact) mass is 409 g/mol. The molecular weight excluding hydrogens is 384 g/mol. The molecule has 0 spiro atoms. The predicted molar refractivity (Wildman–Crippen MR) is 116 cm³/mol. The molecule has 0 aliphatic carbocycles. The average Bonchev–Trinajstić information content (AvgIpc) is 3.17. The Morgan fingerprint density at radius 3 is 2.52 bits per heavy atom. The molecule has 1 aliphatic heterocycles. The number of quaternary nitrogens is 1. The number of rotatable bonds is 5. The number of nitrogens with one attached hydrogen (secondary N) is 1. The molecule has 6 nitrogen and oxygen atoms in total. The van der Waals surface area contributed by atoms with Gasteiger partial charge in [0.1, 0.15) is 18.0 Å². The van der Waals surface area contributed by atoms with Gasteiger partial charge in [0, 0.05) is 12.3 Å². The number of anilines is 3. The molecule has 2 heterocycles. The van der Waals surface area contributed by atoms with E-state index in [2.05, 4.69) is 10.3 Å². The quantitative estimate of drug-likeness (QED) is 0.680. The molecule has 150 valence electrons. The maximum Gasteiger partial charge on any atom is 0.230 e. The Hall–Kier alpha value is -2.90. The van der Waals surface area contributed by atoms with E-state index in [9.17, 15) is 9.90 Å². The maximum absolute atomic E-state index is 12.2. The second kappa shape index (κ2) is 8.63. The second-order valence-electron chi connectivity index (χ2n) is 7.21. The highest BCUT2D eigenvalue weighted by Gasteiger charge is 2.24. The number of carbonyl (C=O) groups excluding carboxylic acids is 1. The van der Waals surface area contributed by atoms with Crippen LogP contribution >= 0.6 is 11.3 Å². The Labute approximate surface area is 174 Å². The fourth-order valence-electron chi connectivity index (χ4n) is 3.71. The van der Waals surface area contributed by atoms with Gasteiger partial charge in [0.2, 0.25) is 5.91 Å². The zero-order valence-electron chi connectivity index (χ0n) is 16.4. The standard InChI is InChI=1S/C22H24N4O2S/c1-17(27)26(19-7-3-2-4-8-19)22-23-18(16-29-22)15-24-11-13-25(14-12-24)20-9-5-6-10-21(20)28/h2-10,16,28H,11-15H2,1H3/p+1. The van der Waals surface area contributed by atoms with Gasteiger partial charge in [-0.25, -0.2) is 4.98 Å². The number of aromatic hydroxyl groups is 1. The number of nitrogens with zero attached hydrogens (tertiary/aromatic N) is 3. The Kier molecular flexibility index (Phi) is 5.78. The molecule has 29 heavy (non-hydrogen) atoms. The molecule has 0 unspecified atom stereocenters. The SMILES string of the molecule is CC(=O)N(c1ccccc1)c1nc(C[NH+]2CCN(c3ccccc3O)CC2)cs1. The number of carbonyl (C=O) groups is 1. The third-order valence-electron chi connectivity index (χ3n) is 5.18. The number of aromatic nitrogens is 1. The fraction of sp³-hybridized carbons (Fsp3) is 0.273. The number of hydrogen-bond acceptors (Lipinski definition) is 5. The van der Waals surface area contributed by atoms with Crippen LogP contribution < -0.4 is 14.7 Å². The lowest BCUT2D eigenvalue weighted by Gasteiger charge is -2.33. The first-order valence-corrected chi connectivity index (χ1v) is 10.7. The van der Waals surface area contributed by atoms with Crippen molar-refractivity contribution in [3.05, 3.63) is 65.7 Å². The van der Waals surface area contributed by atoms with E-state index in [0.29, 0.717) is 10.9 Å². The van der Waals surface area contributed by atoms with Gasteiger partial charge in [-0.05, 0) is 24.3 Å². The Bertz CT molecular complexity index is 968. The highest BCUT2D eigenvalue weighted by atomic mass is 32.1. The first kappa shape index (κ1) is 19.4. The van der Waals surface area contributed by atoms with Gasteiger partial charge < -0.3 is 14.9 Å². The van der Waals surface area contributed by atoms with Crippen molar-refractivity contribution in [1.29, 1.82) is 0 Å². The van der Waals surface area contributed by atoms with Crippen molar-refractivity contribution >= 4 is 33.8 Å². The average molecular weight is 410 g/mol. The van der Waals surface area contributed by atoms with Crippen molar-refractivity contribution in [3.8, 4) is 5.75 Å². The molecule has 2 N–H and O–H groups in total. The second-order valence-corrected chi connectivity index (χ2v) is 8.05. The van der Waals surface area contributed by atoms with Crippen molar-refractivity contribution in [3.63, 3.8) is 0 Å². The first-order chi connectivity index (χ1) is 14.1. The molecule has 1 amide bonds.